The average molecular weight is 454 g/mol. The van der Waals surface area contributed by atoms with Gasteiger partial charge in [-0.3, -0.25) is 4.57 Å². The number of nitrogens with zero attached hydrogens (tertiary/aromatic N) is 4. The molecule has 1 aliphatic rings. The summed E-state index contributed by atoms with van der Waals surface area (Å²) in [7, 11) is -3.05. The number of imidazole rings is 1. The molecule has 2 aromatic rings. The van der Waals surface area contributed by atoms with E-state index in [9.17, 15) is 8.42 Å². The van der Waals surface area contributed by atoms with Crippen molar-refractivity contribution in [2.45, 2.75) is 45.9 Å². The molecular weight excluding hydrogens is 429 g/mol. The topological polar surface area (TPSA) is 87.0 Å². The zero-order valence-corrected chi connectivity index (χ0v) is 19.2. The van der Waals surface area contributed by atoms with Crippen LogP contribution in [-0.2, 0) is 47.3 Å². The number of aryl methyl sites for hydroxylation is 1. The SMILES string of the molecule is [CH2-]CCS(=O)(=O)CC[C@H]1O[C@@H](n2cnc3c(C)ncnc32)[C@H](C)[C@@H]1C.[Y]. The minimum absolute atomic E-state index is 0. The molecule has 1 saturated heterocycles. The molecular formula is C17H25N4O3SY-. The summed E-state index contributed by atoms with van der Waals surface area (Å²) in [5.41, 5.74) is 2.35. The van der Waals surface area contributed by atoms with Crippen LogP contribution in [0.1, 0.15) is 38.6 Å². The first-order chi connectivity index (χ1) is 11.8. The van der Waals surface area contributed by atoms with Crippen molar-refractivity contribution in [3.05, 3.63) is 25.3 Å². The van der Waals surface area contributed by atoms with Crippen molar-refractivity contribution < 1.29 is 45.9 Å². The summed E-state index contributed by atoms with van der Waals surface area (Å²) in [5, 5.41) is 0. The maximum absolute atomic E-state index is 12.0. The molecule has 0 saturated carbocycles. The van der Waals surface area contributed by atoms with E-state index >= 15 is 0 Å². The van der Waals surface area contributed by atoms with Crippen LogP contribution in [0.4, 0.5) is 0 Å². The third-order valence-electron chi connectivity index (χ3n) is 5.16. The molecule has 0 spiro atoms. The van der Waals surface area contributed by atoms with E-state index in [1.165, 1.54) is 6.33 Å². The molecule has 0 amide bonds. The Balaban J connectivity index is 0.00000243. The fourth-order valence-electron chi connectivity index (χ4n) is 3.45. The second kappa shape index (κ2) is 8.71. The number of aromatic nitrogens is 4. The molecule has 1 fully saturated rings. The Morgan fingerprint density at radius 3 is 2.62 bits per heavy atom. The normalized spacial score (nSPS) is 26.2. The molecule has 26 heavy (non-hydrogen) atoms. The van der Waals surface area contributed by atoms with E-state index in [1.807, 2.05) is 11.5 Å². The number of hydrogen-bond donors (Lipinski definition) is 0. The van der Waals surface area contributed by atoms with Crippen LogP contribution in [-0.4, -0.2) is 45.5 Å². The van der Waals surface area contributed by atoms with Crippen molar-refractivity contribution in [2.24, 2.45) is 11.8 Å². The molecule has 0 unspecified atom stereocenters. The molecule has 1 aliphatic heterocycles. The largest absolute Gasteiger partial charge is 0.354 e. The first-order valence-corrected chi connectivity index (χ1v) is 10.5. The van der Waals surface area contributed by atoms with Crippen LogP contribution in [0.3, 0.4) is 0 Å². The molecule has 7 nitrogen and oxygen atoms in total. The first-order valence-electron chi connectivity index (χ1n) is 8.63. The van der Waals surface area contributed by atoms with E-state index < -0.39 is 9.84 Å². The second-order valence-electron chi connectivity index (χ2n) is 6.86. The Morgan fingerprint density at radius 2 is 1.92 bits per heavy atom. The molecule has 0 bridgehead atoms. The molecule has 1 radical (unpaired) electrons. The standard InChI is InChI=1S/C17H25N4O3S.Y/c1-5-7-25(22,23)8-6-14-11(2)12(3)17(24-14)21-10-20-15-13(4)18-9-19-16(15)21;/h9-12,14,17H,1,5-8H2,2-4H3;/q-1;/t11-,12+,14+,17+;/m0./s1. The van der Waals surface area contributed by atoms with Gasteiger partial charge in [-0.1, -0.05) is 13.8 Å². The van der Waals surface area contributed by atoms with Gasteiger partial charge in [0.1, 0.15) is 27.9 Å². The number of rotatable bonds is 6. The average Bonchev–Trinajstić information content (AvgIpc) is 3.10. The smallest absolute Gasteiger partial charge is 0.165 e. The van der Waals surface area contributed by atoms with Crippen molar-refractivity contribution in [1.29, 1.82) is 0 Å². The van der Waals surface area contributed by atoms with Gasteiger partial charge in [0.2, 0.25) is 0 Å². The predicted octanol–water partition coefficient (Wildman–Crippen LogP) is 2.33. The molecule has 3 heterocycles. The van der Waals surface area contributed by atoms with Crippen molar-refractivity contribution in [2.75, 3.05) is 11.5 Å². The van der Waals surface area contributed by atoms with Gasteiger partial charge in [-0.05, 0) is 19.3 Å². The second-order valence-corrected chi connectivity index (χ2v) is 9.16. The third kappa shape index (κ3) is 4.34. The van der Waals surface area contributed by atoms with Gasteiger partial charge >= 0.3 is 0 Å². The van der Waals surface area contributed by atoms with Crippen LogP contribution in [0.2, 0.25) is 0 Å². The fourth-order valence-corrected chi connectivity index (χ4v) is 4.68. The fraction of sp³-hybridized carbons (Fsp3) is 0.647. The molecule has 9 heteroatoms. The monoisotopic (exact) mass is 454 g/mol. The van der Waals surface area contributed by atoms with Crippen LogP contribution in [0.25, 0.3) is 11.2 Å². The Kier molecular flexibility index (Phi) is 7.33. The van der Waals surface area contributed by atoms with Gasteiger partial charge in [-0.2, -0.15) is 6.42 Å². The molecule has 0 aromatic carbocycles. The minimum Gasteiger partial charge on any atom is -0.354 e. The number of fused-ring (bicyclic) bond motifs is 1. The van der Waals surface area contributed by atoms with Crippen LogP contribution >= 0.6 is 0 Å². The van der Waals surface area contributed by atoms with Crippen molar-refractivity contribution >= 4 is 21.0 Å². The Labute approximate surface area is 180 Å². The zero-order chi connectivity index (χ0) is 18.2. The van der Waals surface area contributed by atoms with Gasteiger partial charge in [-0.25, -0.2) is 23.4 Å². The van der Waals surface area contributed by atoms with Gasteiger partial charge in [0, 0.05) is 44.4 Å². The van der Waals surface area contributed by atoms with Crippen LogP contribution in [0.15, 0.2) is 12.7 Å². The summed E-state index contributed by atoms with van der Waals surface area (Å²) in [5.74, 6) is 0.756. The molecule has 0 N–H and O–H groups in total. The Bertz CT molecular complexity index is 855. The van der Waals surface area contributed by atoms with E-state index in [2.05, 4.69) is 35.7 Å². The quantitative estimate of drug-likeness (QED) is 0.623. The molecule has 4 atom stereocenters. The number of hydrogen-bond acceptors (Lipinski definition) is 6. The van der Waals surface area contributed by atoms with Gasteiger partial charge in [0.25, 0.3) is 0 Å². The third-order valence-corrected chi connectivity index (χ3v) is 6.93. The van der Waals surface area contributed by atoms with E-state index in [1.54, 1.807) is 6.33 Å². The van der Waals surface area contributed by atoms with Gasteiger partial charge in [-0.15, -0.1) is 0 Å². The van der Waals surface area contributed by atoms with Gasteiger partial charge in [0.05, 0.1) is 23.9 Å². The number of sulfone groups is 1. The van der Waals surface area contributed by atoms with Crippen LogP contribution in [0.5, 0.6) is 0 Å². The Morgan fingerprint density at radius 1 is 1.19 bits per heavy atom. The van der Waals surface area contributed by atoms with Crippen molar-refractivity contribution in [1.82, 2.24) is 19.5 Å². The summed E-state index contributed by atoms with van der Waals surface area (Å²) in [6.07, 6.45) is 3.88. The van der Waals surface area contributed by atoms with E-state index in [4.69, 9.17) is 4.74 Å². The Hall–Kier alpha value is -0.436. The summed E-state index contributed by atoms with van der Waals surface area (Å²) in [6.45, 7) is 9.77. The van der Waals surface area contributed by atoms with E-state index in [0.717, 1.165) is 16.9 Å². The molecule has 0 aliphatic carbocycles. The predicted molar refractivity (Wildman–Crippen MR) is 95.5 cm³/mol. The van der Waals surface area contributed by atoms with Crippen molar-refractivity contribution in [3.63, 3.8) is 0 Å². The zero-order valence-electron chi connectivity index (χ0n) is 15.5. The minimum atomic E-state index is -3.05. The summed E-state index contributed by atoms with van der Waals surface area (Å²) in [6, 6.07) is 0. The van der Waals surface area contributed by atoms with Crippen molar-refractivity contribution in [3.8, 4) is 0 Å². The van der Waals surface area contributed by atoms with Crippen LogP contribution < -0.4 is 0 Å². The first kappa shape index (κ1) is 21.9. The van der Waals surface area contributed by atoms with Gasteiger partial charge < -0.3 is 11.7 Å². The number of ether oxygens (including phenoxy) is 1. The molecule has 2 aromatic heterocycles. The maximum Gasteiger partial charge on any atom is 0.165 e. The summed E-state index contributed by atoms with van der Waals surface area (Å²) < 4.78 is 32.1. The molecule has 141 valence electrons. The van der Waals surface area contributed by atoms with E-state index in [-0.39, 0.29) is 68.4 Å². The van der Waals surface area contributed by atoms with E-state index in [0.29, 0.717) is 12.8 Å². The summed E-state index contributed by atoms with van der Waals surface area (Å²) >= 11 is 0. The maximum atomic E-state index is 12.0. The molecule has 3 rings (SSSR count). The van der Waals surface area contributed by atoms with Crippen LogP contribution in [0, 0.1) is 25.7 Å². The van der Waals surface area contributed by atoms with Gasteiger partial charge in [0.15, 0.2) is 5.65 Å². The summed E-state index contributed by atoms with van der Waals surface area (Å²) in [4.78, 5) is 12.9.